The fraction of sp³-hybridized carbons (Fsp3) is 0.444. The first kappa shape index (κ1) is 8.21. The SMILES string of the molecule is Cc1cnc(C(C)N)c(C)c1. The first-order valence-electron chi connectivity index (χ1n) is 3.80. The lowest BCUT2D eigenvalue weighted by Gasteiger charge is -2.07. The van der Waals surface area contributed by atoms with E-state index < -0.39 is 0 Å². The fourth-order valence-electron chi connectivity index (χ4n) is 1.20. The lowest BCUT2D eigenvalue weighted by molar-refractivity contribution is 0.770. The lowest BCUT2D eigenvalue weighted by atomic mass is 10.1. The Bertz CT molecular complexity index is 254. The summed E-state index contributed by atoms with van der Waals surface area (Å²) in [6, 6.07) is 2.14. The van der Waals surface area contributed by atoms with Crippen molar-refractivity contribution in [3.63, 3.8) is 0 Å². The van der Waals surface area contributed by atoms with Crippen molar-refractivity contribution in [2.24, 2.45) is 5.73 Å². The van der Waals surface area contributed by atoms with Crippen molar-refractivity contribution in [3.8, 4) is 0 Å². The number of nitrogens with two attached hydrogens (primary N) is 1. The molecule has 1 atom stereocenters. The van der Waals surface area contributed by atoms with Crippen LogP contribution in [0.3, 0.4) is 0 Å². The molecule has 0 aliphatic carbocycles. The predicted octanol–water partition coefficient (Wildman–Crippen LogP) is 1.72. The number of aryl methyl sites for hydroxylation is 2. The van der Waals surface area contributed by atoms with Crippen molar-refractivity contribution < 1.29 is 0 Å². The molecule has 0 radical (unpaired) electrons. The van der Waals surface area contributed by atoms with Crippen LogP contribution < -0.4 is 5.73 Å². The quantitative estimate of drug-likeness (QED) is 0.662. The number of hydrogen-bond donors (Lipinski definition) is 1. The molecule has 1 unspecified atom stereocenters. The molecular formula is C9H14N2. The Morgan fingerprint density at radius 3 is 2.55 bits per heavy atom. The normalized spacial score (nSPS) is 13.1. The number of nitrogens with zero attached hydrogens (tertiary/aromatic N) is 1. The standard InChI is InChI=1S/C9H14N2/c1-6-4-7(2)9(8(3)10)11-5-6/h4-5,8H,10H2,1-3H3. The Labute approximate surface area is 67.5 Å². The molecule has 0 bridgehead atoms. The molecule has 0 aliphatic heterocycles. The summed E-state index contributed by atoms with van der Waals surface area (Å²) in [7, 11) is 0. The van der Waals surface area contributed by atoms with Crippen LogP contribution in [0.4, 0.5) is 0 Å². The molecule has 0 spiro atoms. The molecule has 1 rings (SSSR count). The summed E-state index contributed by atoms with van der Waals surface area (Å²) in [6.45, 7) is 6.02. The van der Waals surface area contributed by atoms with Crippen molar-refractivity contribution in [1.82, 2.24) is 4.98 Å². The first-order valence-corrected chi connectivity index (χ1v) is 3.80. The van der Waals surface area contributed by atoms with E-state index in [2.05, 4.69) is 11.1 Å². The van der Waals surface area contributed by atoms with Gasteiger partial charge in [0.05, 0.1) is 5.69 Å². The first-order chi connectivity index (χ1) is 5.11. The van der Waals surface area contributed by atoms with Gasteiger partial charge in [0.2, 0.25) is 0 Å². The summed E-state index contributed by atoms with van der Waals surface area (Å²) in [5, 5.41) is 0. The summed E-state index contributed by atoms with van der Waals surface area (Å²) in [6.07, 6.45) is 1.85. The molecule has 0 fully saturated rings. The van der Waals surface area contributed by atoms with E-state index in [9.17, 15) is 0 Å². The maximum absolute atomic E-state index is 5.70. The van der Waals surface area contributed by atoms with Crippen LogP contribution in [0.15, 0.2) is 12.3 Å². The molecule has 60 valence electrons. The van der Waals surface area contributed by atoms with E-state index >= 15 is 0 Å². The molecule has 2 N–H and O–H groups in total. The second-order valence-electron chi connectivity index (χ2n) is 3.00. The molecule has 1 aromatic rings. The summed E-state index contributed by atoms with van der Waals surface area (Å²) < 4.78 is 0. The van der Waals surface area contributed by atoms with Gasteiger partial charge in [-0.05, 0) is 31.9 Å². The van der Waals surface area contributed by atoms with Crippen LogP contribution in [0.25, 0.3) is 0 Å². The minimum atomic E-state index is 0.0376. The number of pyridine rings is 1. The molecule has 2 nitrogen and oxygen atoms in total. The molecule has 0 saturated heterocycles. The lowest BCUT2D eigenvalue weighted by Crippen LogP contribution is -2.09. The average molecular weight is 150 g/mol. The minimum absolute atomic E-state index is 0.0376. The molecule has 0 saturated carbocycles. The van der Waals surface area contributed by atoms with Crippen LogP contribution in [0.1, 0.15) is 29.8 Å². The maximum atomic E-state index is 5.70. The van der Waals surface area contributed by atoms with Gasteiger partial charge in [-0.15, -0.1) is 0 Å². The molecule has 2 heteroatoms. The van der Waals surface area contributed by atoms with Crippen molar-refractivity contribution in [2.45, 2.75) is 26.8 Å². The molecule has 11 heavy (non-hydrogen) atoms. The van der Waals surface area contributed by atoms with Gasteiger partial charge in [-0.1, -0.05) is 6.07 Å². The Morgan fingerprint density at radius 2 is 2.09 bits per heavy atom. The van der Waals surface area contributed by atoms with E-state index in [0.29, 0.717) is 0 Å². The zero-order valence-corrected chi connectivity index (χ0v) is 7.26. The third kappa shape index (κ3) is 1.77. The third-order valence-electron chi connectivity index (χ3n) is 1.69. The molecule has 0 aromatic carbocycles. The third-order valence-corrected chi connectivity index (χ3v) is 1.69. The van der Waals surface area contributed by atoms with E-state index in [1.54, 1.807) is 0 Å². The minimum Gasteiger partial charge on any atom is -0.323 e. The summed E-state index contributed by atoms with van der Waals surface area (Å²) >= 11 is 0. The highest BCUT2D eigenvalue weighted by Gasteiger charge is 2.03. The molecule has 0 aliphatic rings. The van der Waals surface area contributed by atoms with Crippen LogP contribution in [0.5, 0.6) is 0 Å². The van der Waals surface area contributed by atoms with Crippen molar-refractivity contribution in [2.75, 3.05) is 0 Å². The average Bonchev–Trinajstić information content (AvgIpc) is 1.85. The van der Waals surface area contributed by atoms with Gasteiger partial charge in [-0.25, -0.2) is 0 Å². The van der Waals surface area contributed by atoms with Crippen LogP contribution in [0.2, 0.25) is 0 Å². The maximum Gasteiger partial charge on any atom is 0.0597 e. The zero-order chi connectivity index (χ0) is 8.43. The van der Waals surface area contributed by atoms with Gasteiger partial charge < -0.3 is 5.73 Å². The van der Waals surface area contributed by atoms with E-state index in [1.807, 2.05) is 27.0 Å². The largest absolute Gasteiger partial charge is 0.323 e. The molecule has 1 heterocycles. The number of aromatic nitrogens is 1. The van der Waals surface area contributed by atoms with Gasteiger partial charge >= 0.3 is 0 Å². The molecule has 1 aromatic heterocycles. The molecular weight excluding hydrogens is 136 g/mol. The predicted molar refractivity (Wildman–Crippen MR) is 46.3 cm³/mol. The Kier molecular flexibility index (Phi) is 2.25. The summed E-state index contributed by atoms with van der Waals surface area (Å²) in [4.78, 5) is 4.25. The van der Waals surface area contributed by atoms with E-state index in [-0.39, 0.29) is 6.04 Å². The monoisotopic (exact) mass is 150 g/mol. The van der Waals surface area contributed by atoms with Crippen molar-refractivity contribution >= 4 is 0 Å². The van der Waals surface area contributed by atoms with Crippen LogP contribution in [-0.2, 0) is 0 Å². The Hall–Kier alpha value is -0.890. The van der Waals surface area contributed by atoms with Gasteiger partial charge in [0.15, 0.2) is 0 Å². The Morgan fingerprint density at radius 1 is 1.45 bits per heavy atom. The van der Waals surface area contributed by atoms with Gasteiger partial charge in [-0.3, -0.25) is 4.98 Å². The smallest absolute Gasteiger partial charge is 0.0597 e. The Balaban J connectivity index is 3.09. The van der Waals surface area contributed by atoms with Crippen molar-refractivity contribution in [1.29, 1.82) is 0 Å². The second kappa shape index (κ2) is 3.01. The van der Waals surface area contributed by atoms with E-state index in [0.717, 1.165) is 5.69 Å². The zero-order valence-electron chi connectivity index (χ0n) is 7.26. The van der Waals surface area contributed by atoms with Gasteiger partial charge in [0.1, 0.15) is 0 Å². The molecule has 0 amide bonds. The van der Waals surface area contributed by atoms with Crippen LogP contribution in [-0.4, -0.2) is 4.98 Å². The second-order valence-corrected chi connectivity index (χ2v) is 3.00. The van der Waals surface area contributed by atoms with Gasteiger partial charge in [0.25, 0.3) is 0 Å². The summed E-state index contributed by atoms with van der Waals surface area (Å²) in [5.74, 6) is 0. The number of rotatable bonds is 1. The number of hydrogen-bond acceptors (Lipinski definition) is 2. The highest BCUT2D eigenvalue weighted by atomic mass is 14.8. The van der Waals surface area contributed by atoms with Crippen LogP contribution >= 0.6 is 0 Å². The highest BCUT2D eigenvalue weighted by Crippen LogP contribution is 2.12. The topological polar surface area (TPSA) is 38.9 Å². The van der Waals surface area contributed by atoms with E-state index in [1.165, 1.54) is 11.1 Å². The summed E-state index contributed by atoms with van der Waals surface area (Å²) in [5.41, 5.74) is 9.07. The van der Waals surface area contributed by atoms with Gasteiger partial charge in [-0.2, -0.15) is 0 Å². The highest BCUT2D eigenvalue weighted by molar-refractivity contribution is 5.24. The van der Waals surface area contributed by atoms with Gasteiger partial charge in [0, 0.05) is 12.2 Å². The van der Waals surface area contributed by atoms with E-state index in [4.69, 9.17) is 5.73 Å². The fourth-order valence-corrected chi connectivity index (χ4v) is 1.20. The van der Waals surface area contributed by atoms with Crippen molar-refractivity contribution in [3.05, 3.63) is 29.1 Å². The van der Waals surface area contributed by atoms with Crippen LogP contribution in [0, 0.1) is 13.8 Å².